The summed E-state index contributed by atoms with van der Waals surface area (Å²) < 4.78 is 5.07. The van der Waals surface area contributed by atoms with Gasteiger partial charge in [0.2, 0.25) is 0 Å². The quantitative estimate of drug-likeness (QED) is 0.602. The number of aliphatic carboxylic acids is 1. The highest BCUT2D eigenvalue weighted by Gasteiger charge is 2.15. The van der Waals surface area contributed by atoms with Gasteiger partial charge in [-0.2, -0.15) is 0 Å². The molecule has 106 valence electrons. The molecular weight excluding hydrogens is 236 g/mol. The van der Waals surface area contributed by atoms with Crippen molar-refractivity contribution in [3.05, 3.63) is 0 Å². The number of carbonyl (C=O) groups excluding carboxylic acids is 1. The summed E-state index contributed by atoms with van der Waals surface area (Å²) in [6, 6.07) is -0.788. The standard InChI is InChI=1S/C12H24N2O4/c1-12(2,3)18-11(17)14-8-6-4-5-7-9(13)10(15)16/h9H,4-8,13H2,1-3H3,(H,14,17)(H,15,16)/t9-/m1/s1. The fourth-order valence-corrected chi connectivity index (χ4v) is 1.29. The minimum atomic E-state index is -0.970. The molecule has 0 aliphatic heterocycles. The summed E-state index contributed by atoms with van der Waals surface area (Å²) in [6.45, 7) is 5.94. The van der Waals surface area contributed by atoms with E-state index in [1.54, 1.807) is 20.8 Å². The molecule has 0 saturated carbocycles. The van der Waals surface area contributed by atoms with Gasteiger partial charge in [-0.3, -0.25) is 4.79 Å². The van der Waals surface area contributed by atoms with Gasteiger partial charge in [-0.05, 0) is 33.6 Å². The summed E-state index contributed by atoms with van der Waals surface area (Å²) in [5, 5.41) is 11.2. The molecule has 0 fully saturated rings. The minimum Gasteiger partial charge on any atom is -0.480 e. The Kier molecular flexibility index (Phi) is 7.35. The van der Waals surface area contributed by atoms with E-state index in [1.165, 1.54) is 0 Å². The summed E-state index contributed by atoms with van der Waals surface area (Å²) in [6.07, 6.45) is 2.39. The van der Waals surface area contributed by atoms with E-state index in [9.17, 15) is 9.59 Å². The molecule has 0 radical (unpaired) electrons. The van der Waals surface area contributed by atoms with E-state index < -0.39 is 23.7 Å². The van der Waals surface area contributed by atoms with Gasteiger partial charge in [-0.15, -0.1) is 0 Å². The van der Waals surface area contributed by atoms with Gasteiger partial charge in [-0.1, -0.05) is 12.8 Å². The Hall–Kier alpha value is -1.30. The Morgan fingerprint density at radius 1 is 1.28 bits per heavy atom. The van der Waals surface area contributed by atoms with Crippen molar-refractivity contribution >= 4 is 12.1 Å². The first-order valence-corrected chi connectivity index (χ1v) is 6.17. The molecule has 0 spiro atoms. The molecule has 0 aliphatic rings. The topological polar surface area (TPSA) is 102 Å². The summed E-state index contributed by atoms with van der Waals surface area (Å²) in [4.78, 5) is 21.7. The van der Waals surface area contributed by atoms with Gasteiger partial charge < -0.3 is 20.9 Å². The van der Waals surface area contributed by atoms with Crippen LogP contribution in [0.25, 0.3) is 0 Å². The summed E-state index contributed by atoms with van der Waals surface area (Å²) in [5.74, 6) is -0.970. The van der Waals surface area contributed by atoms with E-state index in [1.807, 2.05) is 0 Å². The fraction of sp³-hybridized carbons (Fsp3) is 0.833. The number of rotatable bonds is 7. The van der Waals surface area contributed by atoms with Crippen molar-refractivity contribution in [1.29, 1.82) is 0 Å². The van der Waals surface area contributed by atoms with Crippen molar-refractivity contribution in [3.63, 3.8) is 0 Å². The Morgan fingerprint density at radius 3 is 2.39 bits per heavy atom. The lowest BCUT2D eigenvalue weighted by molar-refractivity contribution is -0.138. The molecule has 0 unspecified atom stereocenters. The van der Waals surface area contributed by atoms with E-state index in [0.717, 1.165) is 19.3 Å². The Bertz CT molecular complexity index is 274. The van der Waals surface area contributed by atoms with E-state index in [-0.39, 0.29) is 0 Å². The molecule has 1 atom stereocenters. The lowest BCUT2D eigenvalue weighted by Crippen LogP contribution is -2.33. The summed E-state index contributed by atoms with van der Waals surface area (Å²) in [7, 11) is 0. The number of nitrogens with one attached hydrogen (secondary N) is 1. The third-order valence-electron chi connectivity index (χ3n) is 2.18. The molecule has 0 aliphatic carbocycles. The zero-order valence-electron chi connectivity index (χ0n) is 11.4. The number of amides is 1. The summed E-state index contributed by atoms with van der Waals surface area (Å²) in [5.41, 5.74) is 4.87. The third-order valence-corrected chi connectivity index (χ3v) is 2.18. The first-order chi connectivity index (χ1) is 8.22. The van der Waals surface area contributed by atoms with Gasteiger partial charge in [0.1, 0.15) is 11.6 Å². The van der Waals surface area contributed by atoms with Crippen LogP contribution in [0.4, 0.5) is 4.79 Å². The average Bonchev–Trinajstić information content (AvgIpc) is 2.19. The van der Waals surface area contributed by atoms with Crippen LogP contribution in [0.5, 0.6) is 0 Å². The van der Waals surface area contributed by atoms with Crippen LogP contribution in [-0.4, -0.2) is 35.4 Å². The number of alkyl carbamates (subject to hydrolysis) is 1. The molecule has 1 amide bonds. The number of carboxylic acids is 1. The molecule has 4 N–H and O–H groups in total. The third kappa shape index (κ3) is 9.89. The molecule has 6 nitrogen and oxygen atoms in total. The predicted molar refractivity (Wildman–Crippen MR) is 68.3 cm³/mol. The molecule has 0 bridgehead atoms. The van der Waals surface area contributed by atoms with Crippen LogP contribution in [0, 0.1) is 0 Å². The van der Waals surface area contributed by atoms with E-state index in [4.69, 9.17) is 15.6 Å². The van der Waals surface area contributed by atoms with Gasteiger partial charge in [0.15, 0.2) is 0 Å². The number of hydrogen-bond acceptors (Lipinski definition) is 4. The van der Waals surface area contributed by atoms with Crippen LogP contribution in [0.15, 0.2) is 0 Å². The van der Waals surface area contributed by atoms with Crippen LogP contribution >= 0.6 is 0 Å². The fourth-order valence-electron chi connectivity index (χ4n) is 1.29. The molecular formula is C12H24N2O4. The maximum absolute atomic E-state index is 11.3. The lowest BCUT2D eigenvalue weighted by atomic mass is 10.1. The number of carboxylic acid groups (broad SMARTS) is 1. The molecule has 18 heavy (non-hydrogen) atoms. The molecule has 0 heterocycles. The number of ether oxygens (including phenoxy) is 1. The first kappa shape index (κ1) is 16.7. The zero-order chi connectivity index (χ0) is 14.2. The van der Waals surface area contributed by atoms with Crippen LogP contribution in [0.2, 0.25) is 0 Å². The molecule has 0 aromatic carbocycles. The van der Waals surface area contributed by atoms with Gasteiger partial charge in [0.25, 0.3) is 0 Å². The van der Waals surface area contributed by atoms with Crippen molar-refractivity contribution in [2.45, 2.75) is 58.1 Å². The second-order valence-corrected chi connectivity index (χ2v) is 5.22. The van der Waals surface area contributed by atoms with Crippen LogP contribution < -0.4 is 11.1 Å². The highest BCUT2D eigenvalue weighted by molar-refractivity contribution is 5.72. The van der Waals surface area contributed by atoms with E-state index in [2.05, 4.69) is 5.32 Å². The van der Waals surface area contributed by atoms with Gasteiger partial charge in [-0.25, -0.2) is 4.79 Å². The van der Waals surface area contributed by atoms with Crippen molar-refractivity contribution in [2.75, 3.05) is 6.54 Å². The number of nitrogens with two attached hydrogens (primary N) is 1. The van der Waals surface area contributed by atoms with Crippen LogP contribution in [0.1, 0.15) is 46.5 Å². The first-order valence-electron chi connectivity index (χ1n) is 6.17. The van der Waals surface area contributed by atoms with Gasteiger partial charge >= 0.3 is 12.1 Å². The molecule has 0 aromatic rings. The second kappa shape index (κ2) is 7.92. The Labute approximate surface area is 108 Å². The molecule has 6 heteroatoms. The number of unbranched alkanes of at least 4 members (excludes halogenated alkanes) is 2. The number of hydrogen-bond donors (Lipinski definition) is 3. The Morgan fingerprint density at radius 2 is 1.89 bits per heavy atom. The van der Waals surface area contributed by atoms with Crippen LogP contribution in [0.3, 0.4) is 0 Å². The summed E-state index contributed by atoms with van der Waals surface area (Å²) >= 11 is 0. The highest BCUT2D eigenvalue weighted by Crippen LogP contribution is 2.06. The maximum atomic E-state index is 11.3. The SMILES string of the molecule is CC(C)(C)OC(=O)NCCCCC[C@@H](N)C(=O)O. The largest absolute Gasteiger partial charge is 0.480 e. The minimum absolute atomic E-state index is 0.426. The van der Waals surface area contributed by atoms with Gasteiger partial charge in [0.05, 0.1) is 0 Å². The zero-order valence-corrected chi connectivity index (χ0v) is 11.4. The second-order valence-electron chi connectivity index (χ2n) is 5.22. The molecule has 0 saturated heterocycles. The highest BCUT2D eigenvalue weighted by atomic mass is 16.6. The van der Waals surface area contributed by atoms with Crippen molar-refractivity contribution in [2.24, 2.45) is 5.73 Å². The van der Waals surface area contributed by atoms with Crippen molar-refractivity contribution in [1.82, 2.24) is 5.32 Å². The number of carbonyl (C=O) groups is 2. The smallest absolute Gasteiger partial charge is 0.407 e. The normalized spacial score (nSPS) is 12.9. The van der Waals surface area contributed by atoms with Gasteiger partial charge in [0, 0.05) is 6.54 Å². The molecule has 0 rings (SSSR count). The van der Waals surface area contributed by atoms with Crippen molar-refractivity contribution in [3.8, 4) is 0 Å². The molecule has 0 aromatic heterocycles. The van der Waals surface area contributed by atoms with E-state index >= 15 is 0 Å². The van der Waals surface area contributed by atoms with Crippen LogP contribution in [-0.2, 0) is 9.53 Å². The maximum Gasteiger partial charge on any atom is 0.407 e. The predicted octanol–water partition coefficient (Wildman–Crippen LogP) is 1.48. The average molecular weight is 260 g/mol. The van der Waals surface area contributed by atoms with Crippen molar-refractivity contribution < 1.29 is 19.4 Å². The Balaban J connectivity index is 3.46. The van der Waals surface area contributed by atoms with E-state index in [0.29, 0.717) is 13.0 Å². The monoisotopic (exact) mass is 260 g/mol. The lowest BCUT2D eigenvalue weighted by Gasteiger charge is -2.19.